The number of carbonyl (C=O) groups is 1. The van der Waals surface area contributed by atoms with Gasteiger partial charge in [-0.2, -0.15) is 0 Å². The predicted molar refractivity (Wildman–Crippen MR) is 128 cm³/mol. The molecule has 1 heterocycles. The molecule has 0 aliphatic carbocycles. The number of benzene rings is 3. The summed E-state index contributed by atoms with van der Waals surface area (Å²) in [5.41, 5.74) is 1.73. The average Bonchev–Trinajstić information content (AvgIpc) is 2.81. The van der Waals surface area contributed by atoms with Crippen molar-refractivity contribution in [1.29, 1.82) is 0 Å². The fraction of sp³-hybridized carbons (Fsp3) is 0. The molecule has 0 spiro atoms. The van der Waals surface area contributed by atoms with E-state index in [-0.39, 0.29) is 4.90 Å². The molecule has 0 fully saturated rings. The number of halogens is 1. The lowest BCUT2D eigenvalue weighted by Gasteiger charge is -2.11. The zero-order valence-electron chi connectivity index (χ0n) is 17.1. The Morgan fingerprint density at radius 3 is 2.24 bits per heavy atom. The average molecular weight is 480 g/mol. The molecule has 10 heteroatoms. The van der Waals surface area contributed by atoms with Gasteiger partial charge in [0, 0.05) is 40.0 Å². The summed E-state index contributed by atoms with van der Waals surface area (Å²) >= 11 is 5.84. The van der Waals surface area contributed by atoms with Gasteiger partial charge in [-0.25, -0.2) is 18.4 Å². The molecule has 33 heavy (non-hydrogen) atoms. The van der Waals surface area contributed by atoms with Crippen molar-refractivity contribution in [1.82, 2.24) is 9.97 Å². The number of nitrogens with zero attached hydrogens (tertiary/aromatic N) is 2. The van der Waals surface area contributed by atoms with E-state index in [1.165, 1.54) is 12.1 Å². The fourth-order valence-corrected chi connectivity index (χ4v) is 4.14. The monoisotopic (exact) mass is 479 g/mol. The molecule has 8 nitrogen and oxygen atoms in total. The number of sulfonamides is 1. The maximum Gasteiger partial charge on any atom is 0.261 e. The van der Waals surface area contributed by atoms with Gasteiger partial charge >= 0.3 is 0 Å². The summed E-state index contributed by atoms with van der Waals surface area (Å²) in [4.78, 5) is 20.9. The Bertz CT molecular complexity index is 1380. The van der Waals surface area contributed by atoms with Crippen LogP contribution < -0.4 is 15.4 Å². The van der Waals surface area contributed by atoms with Crippen molar-refractivity contribution in [3.63, 3.8) is 0 Å². The van der Waals surface area contributed by atoms with Crippen molar-refractivity contribution in [3.8, 4) is 0 Å². The molecule has 0 bridgehead atoms. The molecule has 0 radical (unpaired) electrons. The van der Waals surface area contributed by atoms with Crippen LogP contribution in [0.2, 0.25) is 5.02 Å². The smallest absolute Gasteiger partial charge is 0.261 e. The molecule has 0 saturated carbocycles. The van der Waals surface area contributed by atoms with E-state index in [2.05, 4.69) is 25.3 Å². The normalized spacial score (nSPS) is 10.9. The number of hydrogen-bond donors (Lipinski definition) is 3. The predicted octanol–water partition coefficient (Wildman–Crippen LogP) is 4.93. The van der Waals surface area contributed by atoms with E-state index in [0.29, 0.717) is 33.6 Å². The van der Waals surface area contributed by atoms with Crippen molar-refractivity contribution in [3.05, 3.63) is 102 Å². The molecule has 0 saturated heterocycles. The van der Waals surface area contributed by atoms with Gasteiger partial charge in [-0.1, -0.05) is 23.7 Å². The van der Waals surface area contributed by atoms with Crippen molar-refractivity contribution < 1.29 is 13.2 Å². The van der Waals surface area contributed by atoms with Gasteiger partial charge in [-0.3, -0.25) is 9.52 Å². The van der Waals surface area contributed by atoms with Crippen molar-refractivity contribution in [2.75, 3.05) is 15.4 Å². The van der Waals surface area contributed by atoms with Crippen LogP contribution in [0, 0.1) is 0 Å². The van der Waals surface area contributed by atoms with Crippen LogP contribution >= 0.6 is 11.6 Å². The van der Waals surface area contributed by atoms with E-state index in [1.54, 1.807) is 79.1 Å². The summed E-state index contributed by atoms with van der Waals surface area (Å²) in [5.74, 6) is 0.00833. The van der Waals surface area contributed by atoms with Crippen LogP contribution in [-0.2, 0) is 10.0 Å². The highest BCUT2D eigenvalue weighted by Crippen LogP contribution is 2.22. The van der Waals surface area contributed by atoms with Gasteiger partial charge in [0.15, 0.2) is 0 Å². The molecule has 1 amide bonds. The minimum absolute atomic E-state index is 0.00638. The van der Waals surface area contributed by atoms with Gasteiger partial charge in [-0.05, 0) is 66.7 Å². The third-order valence-corrected chi connectivity index (χ3v) is 6.08. The van der Waals surface area contributed by atoms with Gasteiger partial charge in [0.05, 0.1) is 4.90 Å². The number of hydrogen-bond acceptors (Lipinski definition) is 6. The van der Waals surface area contributed by atoms with Crippen LogP contribution in [0.3, 0.4) is 0 Å². The first kappa shape index (κ1) is 22.3. The van der Waals surface area contributed by atoms with Gasteiger partial charge < -0.3 is 10.6 Å². The molecule has 166 valence electrons. The summed E-state index contributed by atoms with van der Waals surface area (Å²) in [5, 5.41) is 6.24. The number of amides is 1. The van der Waals surface area contributed by atoms with Crippen LogP contribution in [0.5, 0.6) is 0 Å². The summed E-state index contributed by atoms with van der Waals surface area (Å²) in [6.45, 7) is 0. The highest BCUT2D eigenvalue weighted by Gasteiger charge is 2.16. The van der Waals surface area contributed by atoms with Gasteiger partial charge in [0.25, 0.3) is 15.9 Å². The van der Waals surface area contributed by atoms with Crippen LogP contribution in [0.1, 0.15) is 10.4 Å². The lowest BCUT2D eigenvalue weighted by molar-refractivity contribution is 0.102. The topological polar surface area (TPSA) is 113 Å². The second-order valence-corrected chi connectivity index (χ2v) is 8.99. The first-order valence-electron chi connectivity index (χ1n) is 9.73. The molecule has 3 aromatic carbocycles. The van der Waals surface area contributed by atoms with E-state index in [9.17, 15) is 13.2 Å². The third kappa shape index (κ3) is 5.85. The number of anilines is 4. The highest BCUT2D eigenvalue weighted by molar-refractivity contribution is 7.92. The highest BCUT2D eigenvalue weighted by atomic mass is 35.5. The molecule has 4 rings (SSSR count). The Hall–Kier alpha value is -3.95. The maximum atomic E-state index is 12.8. The van der Waals surface area contributed by atoms with E-state index >= 15 is 0 Å². The molecule has 3 N–H and O–H groups in total. The minimum Gasteiger partial charge on any atom is -0.324 e. The van der Waals surface area contributed by atoms with Gasteiger partial charge in [-0.15, -0.1) is 0 Å². The molecule has 0 atom stereocenters. The van der Waals surface area contributed by atoms with Crippen LogP contribution in [0.25, 0.3) is 0 Å². The number of aromatic nitrogens is 2. The zero-order valence-corrected chi connectivity index (χ0v) is 18.6. The third-order valence-electron chi connectivity index (χ3n) is 4.45. The van der Waals surface area contributed by atoms with E-state index < -0.39 is 15.9 Å². The van der Waals surface area contributed by atoms with Gasteiger partial charge in [0.2, 0.25) is 5.95 Å². The second-order valence-electron chi connectivity index (χ2n) is 6.87. The first-order chi connectivity index (χ1) is 15.9. The molecule has 1 aromatic heterocycles. The Morgan fingerprint density at radius 2 is 1.48 bits per heavy atom. The maximum absolute atomic E-state index is 12.8. The summed E-state index contributed by atoms with van der Waals surface area (Å²) in [7, 11) is -3.86. The Balaban J connectivity index is 1.48. The molecular weight excluding hydrogens is 462 g/mol. The van der Waals surface area contributed by atoms with Crippen LogP contribution in [0.4, 0.5) is 23.0 Å². The Labute approximate surface area is 195 Å². The summed E-state index contributed by atoms with van der Waals surface area (Å²) < 4.78 is 28.0. The van der Waals surface area contributed by atoms with Crippen LogP contribution in [0.15, 0.2) is 96.2 Å². The number of nitrogens with one attached hydrogen (secondary N) is 3. The molecule has 4 aromatic rings. The lowest BCUT2D eigenvalue weighted by Crippen LogP contribution is -2.15. The minimum atomic E-state index is -3.86. The van der Waals surface area contributed by atoms with Crippen molar-refractivity contribution in [2.45, 2.75) is 4.90 Å². The Kier molecular flexibility index (Phi) is 6.53. The van der Waals surface area contributed by atoms with E-state index in [1.807, 2.05) is 0 Å². The van der Waals surface area contributed by atoms with E-state index in [0.717, 1.165) is 0 Å². The quantitative estimate of drug-likeness (QED) is 0.346. The van der Waals surface area contributed by atoms with E-state index in [4.69, 9.17) is 11.6 Å². The molecule has 0 aliphatic rings. The number of rotatable bonds is 7. The molecular formula is C23H18ClN5O3S. The zero-order chi connectivity index (χ0) is 23.3. The largest absolute Gasteiger partial charge is 0.324 e. The molecule has 0 aliphatic heterocycles. The summed E-state index contributed by atoms with van der Waals surface area (Å²) in [6, 6.07) is 20.8. The number of carbonyl (C=O) groups excluding carboxylic acids is 1. The van der Waals surface area contributed by atoms with Crippen LogP contribution in [-0.4, -0.2) is 24.3 Å². The summed E-state index contributed by atoms with van der Waals surface area (Å²) in [6.07, 6.45) is 3.21. The fourth-order valence-electron chi connectivity index (χ4n) is 2.91. The van der Waals surface area contributed by atoms with Crippen molar-refractivity contribution in [2.24, 2.45) is 0 Å². The lowest BCUT2D eigenvalue weighted by atomic mass is 10.2. The standard InChI is InChI=1S/C23H18ClN5O3S/c24-17-8-10-18(11-9-17)29-33(31,32)21-7-2-6-20(15-21)27-22(30)16-4-1-5-19(14-16)28-23-25-12-3-13-26-23/h1-15,29H,(H,27,30)(H,25,26,28). The van der Waals surface area contributed by atoms with Gasteiger partial charge in [0.1, 0.15) is 0 Å². The second kappa shape index (κ2) is 9.68. The molecule has 0 unspecified atom stereocenters. The SMILES string of the molecule is O=C(Nc1cccc(S(=O)(=O)Nc2ccc(Cl)cc2)c1)c1cccc(Nc2ncccn2)c1. The Morgan fingerprint density at radius 1 is 0.788 bits per heavy atom. The first-order valence-corrected chi connectivity index (χ1v) is 11.6. The van der Waals surface area contributed by atoms with Crippen molar-refractivity contribution >= 4 is 50.5 Å².